The summed E-state index contributed by atoms with van der Waals surface area (Å²) in [5, 5.41) is 7.23. The molecule has 1 aromatic heterocycles. The third kappa shape index (κ3) is 5.19. The maximum atomic E-state index is 13.7. The van der Waals surface area contributed by atoms with Crippen molar-refractivity contribution < 1.29 is 14.3 Å². The number of nitrogens with one attached hydrogen (secondary N) is 3. The molecule has 0 aliphatic carbocycles. The number of aromatic amines is 1. The zero-order valence-electron chi connectivity index (χ0n) is 19.7. The minimum absolute atomic E-state index is 0.00447. The first-order valence-electron chi connectivity index (χ1n) is 12.0. The van der Waals surface area contributed by atoms with E-state index in [1.807, 2.05) is 36.4 Å². The Morgan fingerprint density at radius 2 is 1.80 bits per heavy atom. The maximum absolute atomic E-state index is 13.7. The maximum Gasteiger partial charge on any atom is 0.251 e. The second-order valence-corrected chi connectivity index (χ2v) is 9.07. The van der Waals surface area contributed by atoms with Crippen LogP contribution < -0.4 is 10.6 Å². The third-order valence-corrected chi connectivity index (χ3v) is 6.46. The molecule has 3 N–H and O–H groups in total. The SMILES string of the molecule is Cc1ccc(CCN[C@@H](C(=O)c2c[nH]c3cc(C(=O)NC4COC4)ccc23)c2ccccc2)cc1. The number of benzene rings is 3. The van der Waals surface area contributed by atoms with Gasteiger partial charge in [0.2, 0.25) is 0 Å². The molecule has 178 valence electrons. The Bertz CT molecular complexity index is 1320. The molecule has 0 unspecified atom stereocenters. The number of Topliss-reactive ketones (excluding diaryl/α,β-unsaturated/α-hetero) is 1. The topological polar surface area (TPSA) is 83.2 Å². The van der Waals surface area contributed by atoms with Gasteiger partial charge >= 0.3 is 0 Å². The summed E-state index contributed by atoms with van der Waals surface area (Å²) < 4.78 is 5.12. The summed E-state index contributed by atoms with van der Waals surface area (Å²) in [5.74, 6) is -0.141. The quantitative estimate of drug-likeness (QED) is 0.320. The van der Waals surface area contributed by atoms with Crippen LogP contribution >= 0.6 is 0 Å². The normalized spacial score (nSPS) is 14.4. The smallest absolute Gasteiger partial charge is 0.251 e. The van der Waals surface area contributed by atoms with Gasteiger partial charge in [-0.25, -0.2) is 0 Å². The predicted octanol–water partition coefficient (Wildman–Crippen LogP) is 4.36. The standard InChI is InChI=1S/C29H29N3O3/c1-19-7-9-20(10-8-19)13-14-30-27(21-5-3-2-4-6-21)28(33)25-16-31-26-15-22(11-12-24(25)26)29(34)32-23-17-35-18-23/h2-12,15-16,23,27,30-31H,13-14,17-18H2,1H3,(H,32,34)/t27-/m1/s1. The van der Waals surface area contributed by atoms with E-state index in [1.165, 1.54) is 11.1 Å². The Labute approximate surface area is 204 Å². The highest BCUT2D eigenvalue weighted by Crippen LogP contribution is 2.26. The van der Waals surface area contributed by atoms with Crippen molar-refractivity contribution >= 4 is 22.6 Å². The number of hydrogen-bond acceptors (Lipinski definition) is 4. The van der Waals surface area contributed by atoms with Crippen LogP contribution in [0.4, 0.5) is 0 Å². The molecule has 0 saturated carbocycles. The summed E-state index contributed by atoms with van der Waals surface area (Å²) in [7, 11) is 0. The lowest BCUT2D eigenvalue weighted by atomic mass is 9.96. The second-order valence-electron chi connectivity index (χ2n) is 9.07. The summed E-state index contributed by atoms with van der Waals surface area (Å²) in [6.07, 6.45) is 2.57. The Morgan fingerprint density at radius 1 is 1.03 bits per heavy atom. The lowest BCUT2D eigenvalue weighted by Crippen LogP contribution is -2.48. The van der Waals surface area contributed by atoms with E-state index in [4.69, 9.17) is 4.74 Å². The van der Waals surface area contributed by atoms with Gasteiger partial charge in [-0.15, -0.1) is 0 Å². The first-order valence-corrected chi connectivity index (χ1v) is 12.0. The lowest BCUT2D eigenvalue weighted by Gasteiger charge is -2.26. The molecule has 1 amide bonds. The highest BCUT2D eigenvalue weighted by atomic mass is 16.5. The number of fused-ring (bicyclic) bond motifs is 1. The van der Waals surface area contributed by atoms with Crippen LogP contribution in [0.15, 0.2) is 79.0 Å². The Balaban J connectivity index is 1.35. The molecule has 1 fully saturated rings. The van der Waals surface area contributed by atoms with Crippen LogP contribution in [-0.4, -0.2) is 42.5 Å². The summed E-state index contributed by atoms with van der Waals surface area (Å²) in [5.41, 5.74) is 5.31. The number of ketones is 1. The average Bonchev–Trinajstić information content (AvgIpc) is 3.28. The Kier molecular flexibility index (Phi) is 6.75. The summed E-state index contributed by atoms with van der Waals surface area (Å²) in [6.45, 7) is 3.85. The Hall–Kier alpha value is -3.74. The number of H-pyrrole nitrogens is 1. The lowest BCUT2D eigenvalue weighted by molar-refractivity contribution is -0.00346. The number of hydrogen-bond donors (Lipinski definition) is 3. The number of aryl methyl sites for hydroxylation is 1. The summed E-state index contributed by atoms with van der Waals surface area (Å²) >= 11 is 0. The van der Waals surface area contributed by atoms with Gasteiger partial charge in [0, 0.05) is 34.8 Å². The molecule has 1 atom stereocenters. The van der Waals surface area contributed by atoms with Crippen molar-refractivity contribution in [1.29, 1.82) is 0 Å². The highest BCUT2D eigenvalue weighted by molar-refractivity contribution is 6.11. The van der Waals surface area contributed by atoms with Crippen molar-refractivity contribution in [2.45, 2.75) is 25.4 Å². The fourth-order valence-electron chi connectivity index (χ4n) is 4.34. The van der Waals surface area contributed by atoms with Gasteiger partial charge in [-0.3, -0.25) is 9.59 Å². The molecule has 0 spiro atoms. The van der Waals surface area contributed by atoms with Crippen LogP contribution in [0.2, 0.25) is 0 Å². The molecule has 0 radical (unpaired) electrons. The van der Waals surface area contributed by atoms with Crippen molar-refractivity contribution in [3.8, 4) is 0 Å². The Morgan fingerprint density at radius 3 is 2.51 bits per heavy atom. The molecule has 3 aromatic carbocycles. The van der Waals surface area contributed by atoms with Crippen LogP contribution in [0.1, 0.15) is 43.4 Å². The van der Waals surface area contributed by atoms with Crippen LogP contribution in [0.25, 0.3) is 10.9 Å². The van der Waals surface area contributed by atoms with Crippen molar-refractivity contribution in [2.24, 2.45) is 0 Å². The second kappa shape index (κ2) is 10.3. The number of rotatable bonds is 9. The van der Waals surface area contributed by atoms with E-state index in [9.17, 15) is 9.59 Å². The monoisotopic (exact) mass is 467 g/mol. The molecule has 6 heteroatoms. The van der Waals surface area contributed by atoms with Crippen LogP contribution in [-0.2, 0) is 11.2 Å². The molecule has 1 aliphatic rings. The minimum atomic E-state index is -0.470. The molecule has 35 heavy (non-hydrogen) atoms. The first kappa shape index (κ1) is 23.0. The van der Waals surface area contributed by atoms with E-state index in [1.54, 1.807) is 18.3 Å². The van der Waals surface area contributed by atoms with Crippen LogP contribution in [0, 0.1) is 6.92 Å². The van der Waals surface area contributed by atoms with E-state index in [-0.39, 0.29) is 17.7 Å². The van der Waals surface area contributed by atoms with Crippen LogP contribution in [0.3, 0.4) is 0 Å². The van der Waals surface area contributed by atoms with Crippen molar-refractivity contribution in [2.75, 3.05) is 19.8 Å². The van der Waals surface area contributed by atoms with Crippen LogP contribution in [0.5, 0.6) is 0 Å². The number of aromatic nitrogens is 1. The van der Waals surface area contributed by atoms with Crippen molar-refractivity contribution in [3.05, 3.63) is 107 Å². The number of carbonyl (C=O) groups is 2. The molecule has 1 aliphatic heterocycles. The first-order chi connectivity index (χ1) is 17.1. The van der Waals surface area contributed by atoms with Gasteiger partial charge in [0.15, 0.2) is 5.78 Å². The van der Waals surface area contributed by atoms with Crippen molar-refractivity contribution in [1.82, 2.24) is 15.6 Å². The number of ether oxygens (including phenoxy) is 1. The zero-order chi connectivity index (χ0) is 24.2. The van der Waals surface area contributed by atoms with E-state index in [0.29, 0.717) is 30.9 Å². The van der Waals surface area contributed by atoms with Gasteiger partial charge in [-0.2, -0.15) is 0 Å². The highest BCUT2D eigenvalue weighted by Gasteiger charge is 2.25. The van der Waals surface area contributed by atoms with Gasteiger partial charge < -0.3 is 20.4 Å². The average molecular weight is 468 g/mol. The van der Waals surface area contributed by atoms with Crippen molar-refractivity contribution in [3.63, 3.8) is 0 Å². The fourth-order valence-corrected chi connectivity index (χ4v) is 4.34. The molecule has 4 aromatic rings. The number of amides is 1. The fraction of sp³-hybridized carbons (Fsp3) is 0.241. The molecule has 0 bridgehead atoms. The molecular weight excluding hydrogens is 438 g/mol. The molecule has 2 heterocycles. The summed E-state index contributed by atoms with van der Waals surface area (Å²) in [4.78, 5) is 29.5. The van der Waals surface area contributed by atoms with E-state index in [0.717, 1.165) is 22.9 Å². The summed E-state index contributed by atoms with van der Waals surface area (Å²) in [6, 6.07) is 23.3. The van der Waals surface area contributed by atoms with Gasteiger partial charge in [-0.05, 0) is 36.6 Å². The van der Waals surface area contributed by atoms with E-state index >= 15 is 0 Å². The molecular formula is C29H29N3O3. The number of carbonyl (C=O) groups excluding carboxylic acids is 2. The molecule has 1 saturated heterocycles. The predicted molar refractivity (Wildman–Crippen MR) is 137 cm³/mol. The third-order valence-electron chi connectivity index (χ3n) is 6.46. The van der Waals surface area contributed by atoms with Gasteiger partial charge in [0.25, 0.3) is 5.91 Å². The largest absolute Gasteiger partial charge is 0.377 e. The molecule has 5 rings (SSSR count). The van der Waals surface area contributed by atoms with Gasteiger partial charge in [0.05, 0.1) is 25.3 Å². The van der Waals surface area contributed by atoms with E-state index < -0.39 is 6.04 Å². The minimum Gasteiger partial charge on any atom is -0.377 e. The zero-order valence-corrected chi connectivity index (χ0v) is 19.7. The van der Waals surface area contributed by atoms with Gasteiger partial charge in [-0.1, -0.05) is 66.2 Å². The van der Waals surface area contributed by atoms with Gasteiger partial charge in [0.1, 0.15) is 0 Å². The van der Waals surface area contributed by atoms with E-state index in [2.05, 4.69) is 46.8 Å². The molecule has 6 nitrogen and oxygen atoms in total.